The molecule has 4 N–H and O–H groups in total. The molecule has 0 bridgehead atoms. The Morgan fingerprint density at radius 3 is 2.59 bits per heavy atom. The number of nitrogens with two attached hydrogens (primary N) is 1. The van der Waals surface area contributed by atoms with Crippen LogP contribution in [-0.4, -0.2) is 46.2 Å². The molecule has 1 heterocycles. The van der Waals surface area contributed by atoms with E-state index in [1.54, 1.807) is 18.2 Å². The molecule has 9 heteroatoms. The van der Waals surface area contributed by atoms with E-state index in [0.717, 1.165) is 18.4 Å². The van der Waals surface area contributed by atoms with E-state index in [1.807, 2.05) is 13.0 Å². The van der Waals surface area contributed by atoms with E-state index in [-0.39, 0.29) is 46.8 Å². The molecule has 0 unspecified atom stereocenters. The van der Waals surface area contributed by atoms with Gasteiger partial charge in [0.25, 0.3) is 5.92 Å². The molecule has 4 aliphatic carbocycles. The predicted molar refractivity (Wildman–Crippen MR) is 157 cm³/mol. The number of anilines is 1. The molecule has 4 fully saturated rings. The normalized spacial score (nSPS) is 39.2. The number of hydrogen-bond acceptors (Lipinski definition) is 7. The highest BCUT2D eigenvalue weighted by atomic mass is 19.3. The van der Waals surface area contributed by atoms with Crippen LogP contribution in [0.15, 0.2) is 72.3 Å². The molecule has 7 nitrogen and oxygen atoms in total. The summed E-state index contributed by atoms with van der Waals surface area (Å²) in [6, 6.07) is 11.3. The van der Waals surface area contributed by atoms with Crippen LogP contribution < -0.4 is 5.73 Å². The number of alkyl halides is 2. The highest BCUT2D eigenvalue weighted by molar-refractivity contribution is 6.01. The van der Waals surface area contributed by atoms with Gasteiger partial charge in [-0.2, -0.15) is 8.78 Å². The van der Waals surface area contributed by atoms with Crippen molar-refractivity contribution in [3.05, 3.63) is 89.0 Å². The maximum Gasteiger partial charge on any atom is 0.298 e. The summed E-state index contributed by atoms with van der Waals surface area (Å²) < 4.78 is 43.6. The molecule has 2 aromatic carbocycles. The molecule has 0 amide bonds. The number of aliphatic hydroxyl groups excluding tert-OH is 2. The van der Waals surface area contributed by atoms with Crippen molar-refractivity contribution in [1.29, 1.82) is 0 Å². The van der Waals surface area contributed by atoms with Gasteiger partial charge < -0.3 is 25.4 Å². The van der Waals surface area contributed by atoms with E-state index in [4.69, 9.17) is 15.2 Å². The van der Waals surface area contributed by atoms with Gasteiger partial charge in [0, 0.05) is 39.1 Å². The van der Waals surface area contributed by atoms with Crippen LogP contribution in [0.25, 0.3) is 0 Å². The van der Waals surface area contributed by atoms with E-state index in [0.29, 0.717) is 12.0 Å². The topological polar surface area (TPSA) is 119 Å². The maximum absolute atomic E-state index is 15.3. The predicted octanol–water partition coefficient (Wildman–Crippen LogP) is 5.01. The van der Waals surface area contributed by atoms with Crippen LogP contribution >= 0.6 is 0 Å². The van der Waals surface area contributed by atoms with Crippen LogP contribution in [-0.2, 0) is 25.0 Å². The minimum Gasteiger partial charge on any atom is -0.399 e. The Morgan fingerprint density at radius 1 is 1.14 bits per heavy atom. The van der Waals surface area contributed by atoms with E-state index < -0.39 is 53.2 Å². The summed E-state index contributed by atoms with van der Waals surface area (Å²) in [5, 5.41) is 22.0. The third-order valence-corrected chi connectivity index (χ3v) is 11.6. The van der Waals surface area contributed by atoms with Crippen molar-refractivity contribution in [2.24, 2.45) is 28.6 Å². The van der Waals surface area contributed by atoms with Crippen molar-refractivity contribution in [1.82, 2.24) is 0 Å². The fourth-order valence-electron chi connectivity index (χ4n) is 9.58. The first-order valence-corrected chi connectivity index (χ1v) is 15.3. The second kappa shape index (κ2) is 9.88. The van der Waals surface area contributed by atoms with Crippen molar-refractivity contribution >= 4 is 17.3 Å². The van der Waals surface area contributed by atoms with E-state index in [1.165, 1.54) is 42.5 Å². The number of aliphatic hydroxyl groups is 2. The Morgan fingerprint density at radius 2 is 1.89 bits per heavy atom. The SMILES string of the molecule is C[C@]12C=CC(=O)C=C1CC[C@@H]1[C@@H]2[C@@H](O)C[C@@]2(C)[C@H]1C[C@H]1O[C@@H](c3ccc(C(F)(F)c4cccc(N)c4)cc3)O[C@]12C(=O)CO. The fourth-order valence-corrected chi connectivity index (χ4v) is 9.58. The lowest BCUT2D eigenvalue weighted by Gasteiger charge is -2.59. The number of Topliss-reactive ketones (excluding diaryl/α,β-unsaturated/α-hetero) is 1. The highest BCUT2D eigenvalue weighted by Crippen LogP contribution is 2.70. The van der Waals surface area contributed by atoms with Gasteiger partial charge >= 0.3 is 0 Å². The summed E-state index contributed by atoms with van der Waals surface area (Å²) in [5.41, 5.74) is 4.21. The first-order valence-electron chi connectivity index (χ1n) is 15.3. The Kier molecular flexibility index (Phi) is 6.62. The number of nitrogen functional groups attached to an aromatic ring is 1. The highest BCUT2D eigenvalue weighted by Gasteiger charge is 2.75. The zero-order chi connectivity index (χ0) is 31.2. The Labute approximate surface area is 254 Å². The van der Waals surface area contributed by atoms with E-state index >= 15 is 8.78 Å². The smallest absolute Gasteiger partial charge is 0.298 e. The number of rotatable bonds is 5. The van der Waals surface area contributed by atoms with Crippen LogP contribution in [0.2, 0.25) is 0 Å². The van der Waals surface area contributed by atoms with E-state index in [2.05, 4.69) is 6.92 Å². The van der Waals surface area contributed by atoms with Gasteiger partial charge in [-0.15, -0.1) is 0 Å². The third-order valence-electron chi connectivity index (χ3n) is 11.6. The average Bonchev–Trinajstić information content (AvgIpc) is 3.50. The van der Waals surface area contributed by atoms with Crippen LogP contribution in [0, 0.1) is 28.6 Å². The summed E-state index contributed by atoms with van der Waals surface area (Å²) in [4.78, 5) is 25.9. The number of hydrogen-bond donors (Lipinski definition) is 3. The molecule has 0 spiro atoms. The molecule has 2 aromatic rings. The van der Waals surface area contributed by atoms with Crippen LogP contribution in [0.1, 0.15) is 62.5 Å². The Bertz CT molecular complexity index is 1590. The zero-order valence-electron chi connectivity index (χ0n) is 24.7. The Hall–Kier alpha value is -3.24. The first-order chi connectivity index (χ1) is 20.8. The number of ketones is 2. The lowest BCUT2D eigenvalue weighted by atomic mass is 9.46. The zero-order valence-corrected chi connectivity index (χ0v) is 24.7. The van der Waals surface area contributed by atoms with Gasteiger partial charge in [-0.25, -0.2) is 0 Å². The van der Waals surface area contributed by atoms with Gasteiger partial charge in [-0.3, -0.25) is 9.59 Å². The summed E-state index contributed by atoms with van der Waals surface area (Å²) >= 11 is 0. The number of halogens is 2. The van der Waals surface area contributed by atoms with Gasteiger partial charge in [-0.1, -0.05) is 61.9 Å². The Balaban J connectivity index is 1.19. The van der Waals surface area contributed by atoms with E-state index in [9.17, 15) is 19.8 Å². The van der Waals surface area contributed by atoms with Crippen molar-refractivity contribution in [3.8, 4) is 0 Å². The molecule has 3 saturated carbocycles. The second-order valence-corrected chi connectivity index (χ2v) is 13.7. The van der Waals surface area contributed by atoms with Crippen molar-refractivity contribution < 1.29 is 38.1 Å². The van der Waals surface area contributed by atoms with Crippen molar-refractivity contribution in [3.63, 3.8) is 0 Å². The molecule has 9 atom stereocenters. The van der Waals surface area contributed by atoms with Gasteiger partial charge in [0.2, 0.25) is 0 Å². The summed E-state index contributed by atoms with van der Waals surface area (Å²) in [6.45, 7) is 3.29. The number of fused-ring (bicyclic) bond motifs is 7. The van der Waals surface area contributed by atoms with Gasteiger partial charge in [0.15, 0.2) is 23.5 Å². The molecule has 232 valence electrons. The van der Waals surface area contributed by atoms with Crippen LogP contribution in [0.3, 0.4) is 0 Å². The molecule has 7 rings (SSSR count). The standard InChI is InChI=1S/C35H37F2NO6/c1-32-13-12-24(40)15-21(32)10-11-25-26-16-29-34(28(42)18-39,33(26,2)17-27(41)30(25)32)44-31(43-29)19-6-8-20(9-7-19)35(36,37)22-4-3-5-23(38)14-22/h3-9,12-15,25-27,29-31,39,41H,10-11,16-18,38H2,1-2H3/t25-,26-,27-,29+,30+,31+,32-,33-,34+/m0/s1. The molecular weight excluding hydrogens is 568 g/mol. The average molecular weight is 606 g/mol. The molecule has 0 aromatic heterocycles. The molecule has 1 aliphatic heterocycles. The minimum atomic E-state index is -3.28. The summed E-state index contributed by atoms with van der Waals surface area (Å²) in [7, 11) is 0. The number of carbonyl (C=O) groups is 2. The summed E-state index contributed by atoms with van der Waals surface area (Å²) in [6.07, 6.45) is 4.96. The fraction of sp³-hybridized carbons (Fsp3) is 0.486. The molecule has 0 radical (unpaired) electrons. The molecular formula is C35H37F2NO6. The number of allylic oxidation sites excluding steroid dienone is 4. The minimum absolute atomic E-state index is 0.0386. The summed E-state index contributed by atoms with van der Waals surface area (Å²) in [5.74, 6) is -3.97. The first kappa shape index (κ1) is 29.5. The van der Waals surface area contributed by atoms with Crippen LogP contribution in [0.4, 0.5) is 14.5 Å². The lowest BCUT2D eigenvalue weighted by molar-refractivity contribution is -0.201. The van der Waals surface area contributed by atoms with Gasteiger partial charge in [-0.05, 0) is 61.8 Å². The monoisotopic (exact) mass is 605 g/mol. The molecule has 5 aliphatic rings. The van der Waals surface area contributed by atoms with Gasteiger partial charge in [0.05, 0.1) is 12.2 Å². The van der Waals surface area contributed by atoms with Gasteiger partial charge in [0.1, 0.15) is 6.61 Å². The number of ether oxygens (including phenoxy) is 2. The second-order valence-electron chi connectivity index (χ2n) is 13.7. The van der Waals surface area contributed by atoms with Crippen molar-refractivity contribution in [2.75, 3.05) is 12.3 Å². The van der Waals surface area contributed by atoms with Crippen LogP contribution in [0.5, 0.6) is 0 Å². The largest absolute Gasteiger partial charge is 0.399 e. The molecule has 1 saturated heterocycles. The molecule has 44 heavy (non-hydrogen) atoms. The maximum atomic E-state index is 15.3. The number of benzene rings is 2. The lowest BCUT2D eigenvalue weighted by Crippen LogP contribution is -2.63. The van der Waals surface area contributed by atoms with Crippen molar-refractivity contribution in [2.45, 2.75) is 69.6 Å². The third kappa shape index (κ3) is 3.92. The quantitative estimate of drug-likeness (QED) is 0.410. The number of carbonyl (C=O) groups excluding carboxylic acids is 2.